The van der Waals surface area contributed by atoms with Crippen LogP contribution in [0.3, 0.4) is 0 Å². The first kappa shape index (κ1) is 15.5. The van der Waals surface area contributed by atoms with Crippen molar-refractivity contribution in [3.63, 3.8) is 0 Å². The van der Waals surface area contributed by atoms with E-state index in [1.165, 1.54) is 0 Å². The second-order valence-electron chi connectivity index (χ2n) is 5.05. The summed E-state index contributed by atoms with van der Waals surface area (Å²) in [6.45, 7) is 2.33. The Labute approximate surface area is 131 Å². The zero-order valence-electron chi connectivity index (χ0n) is 12.4. The minimum Gasteiger partial charge on any atom is -0.492 e. The van der Waals surface area contributed by atoms with Crippen molar-refractivity contribution in [1.29, 1.82) is 0 Å². The molecule has 0 saturated heterocycles. The van der Waals surface area contributed by atoms with E-state index in [2.05, 4.69) is 15.0 Å². The number of aromatic nitrogens is 2. The lowest BCUT2D eigenvalue weighted by Crippen LogP contribution is -2.13. The summed E-state index contributed by atoms with van der Waals surface area (Å²) in [6, 6.07) is 2.80. The lowest BCUT2D eigenvalue weighted by atomic mass is 10.00. The lowest BCUT2D eigenvalue weighted by molar-refractivity contribution is -0.137. The summed E-state index contributed by atoms with van der Waals surface area (Å²) >= 11 is 0. The predicted molar refractivity (Wildman–Crippen MR) is 79.2 cm³/mol. The van der Waals surface area contributed by atoms with Gasteiger partial charge in [0.1, 0.15) is 5.75 Å². The van der Waals surface area contributed by atoms with Crippen molar-refractivity contribution in [2.75, 3.05) is 6.61 Å². The Balaban J connectivity index is 2.03. The molecule has 0 spiro atoms. The second-order valence-corrected chi connectivity index (χ2v) is 5.05. The fraction of sp³-hybridized carbons (Fsp3) is 0.312. The monoisotopic (exact) mass is 321 g/mol. The van der Waals surface area contributed by atoms with E-state index < -0.39 is 11.7 Å². The Morgan fingerprint density at radius 1 is 1.22 bits per heavy atom. The van der Waals surface area contributed by atoms with Crippen molar-refractivity contribution in [3.8, 4) is 5.75 Å². The average Bonchev–Trinajstić information content (AvgIpc) is 2.54. The minimum absolute atomic E-state index is 0.264. The molecule has 0 amide bonds. The molecule has 0 N–H and O–H groups in total. The smallest absolute Gasteiger partial charge is 0.417 e. The van der Waals surface area contributed by atoms with E-state index in [4.69, 9.17) is 4.74 Å². The molecule has 4 nitrogen and oxygen atoms in total. The first-order chi connectivity index (χ1) is 11.0. The highest BCUT2D eigenvalue weighted by molar-refractivity contribution is 6.05. The molecule has 7 heteroatoms. The number of rotatable bonds is 3. The molecule has 0 atom stereocenters. The molecule has 0 fully saturated rings. The zero-order chi connectivity index (χ0) is 16.4. The van der Waals surface area contributed by atoms with Crippen LogP contribution in [0.25, 0.3) is 0 Å². The standard InChI is InChI=1S/C16H14F3N3O/c1-2-23-15-9-20-6-5-11(15)12-3-4-13-14(22-12)7-10(8-21-13)16(17,18)19/h5-9H,2-4H2,1H3. The summed E-state index contributed by atoms with van der Waals surface area (Å²) in [4.78, 5) is 12.3. The average molecular weight is 321 g/mol. The van der Waals surface area contributed by atoms with E-state index in [1.54, 1.807) is 18.5 Å². The van der Waals surface area contributed by atoms with Gasteiger partial charge in [-0.05, 0) is 31.9 Å². The van der Waals surface area contributed by atoms with Crippen LogP contribution in [0.5, 0.6) is 5.75 Å². The molecule has 23 heavy (non-hydrogen) atoms. The van der Waals surface area contributed by atoms with E-state index in [9.17, 15) is 13.2 Å². The highest BCUT2D eigenvalue weighted by Crippen LogP contribution is 2.35. The highest BCUT2D eigenvalue weighted by atomic mass is 19.4. The fourth-order valence-electron chi connectivity index (χ4n) is 2.45. The number of hydrogen-bond donors (Lipinski definition) is 0. The molecule has 0 unspecified atom stereocenters. The summed E-state index contributed by atoms with van der Waals surface area (Å²) in [5, 5.41) is 0. The van der Waals surface area contributed by atoms with Gasteiger partial charge in [-0.1, -0.05) is 0 Å². The van der Waals surface area contributed by atoms with E-state index in [1.807, 2.05) is 6.92 Å². The number of aryl methyl sites for hydroxylation is 1. The normalized spacial score (nSPS) is 14.2. The van der Waals surface area contributed by atoms with Gasteiger partial charge in [0, 0.05) is 18.0 Å². The van der Waals surface area contributed by atoms with Crippen LogP contribution in [0.2, 0.25) is 0 Å². The molecule has 2 aromatic rings. The van der Waals surface area contributed by atoms with Crippen molar-refractivity contribution in [2.24, 2.45) is 4.99 Å². The van der Waals surface area contributed by atoms with Gasteiger partial charge in [-0.15, -0.1) is 0 Å². The lowest BCUT2D eigenvalue weighted by Gasteiger charge is -2.18. The molecular formula is C16H14F3N3O. The van der Waals surface area contributed by atoms with Gasteiger partial charge in [0.2, 0.25) is 0 Å². The Bertz CT molecular complexity index is 756. The third-order valence-corrected chi connectivity index (χ3v) is 3.52. The van der Waals surface area contributed by atoms with Crippen molar-refractivity contribution < 1.29 is 17.9 Å². The number of pyridine rings is 2. The van der Waals surface area contributed by atoms with Crippen LogP contribution in [0, 0.1) is 0 Å². The van der Waals surface area contributed by atoms with Crippen LogP contribution in [0.1, 0.15) is 30.2 Å². The molecule has 2 aromatic heterocycles. The number of nitrogens with zero attached hydrogens (tertiary/aromatic N) is 3. The Hall–Kier alpha value is -2.44. The van der Waals surface area contributed by atoms with E-state index in [-0.39, 0.29) is 5.69 Å². The molecule has 3 rings (SSSR count). The van der Waals surface area contributed by atoms with Crippen LogP contribution in [0.15, 0.2) is 35.7 Å². The molecule has 0 aromatic carbocycles. The number of fused-ring (bicyclic) bond motifs is 1. The Morgan fingerprint density at radius 2 is 2.04 bits per heavy atom. The van der Waals surface area contributed by atoms with Gasteiger partial charge in [-0.3, -0.25) is 15.0 Å². The van der Waals surface area contributed by atoms with Crippen LogP contribution < -0.4 is 4.74 Å². The Kier molecular flexibility index (Phi) is 4.02. The fourth-order valence-corrected chi connectivity index (χ4v) is 2.45. The molecule has 3 heterocycles. The molecule has 1 aliphatic rings. The van der Waals surface area contributed by atoms with Gasteiger partial charge < -0.3 is 4.74 Å². The maximum Gasteiger partial charge on any atom is 0.417 e. The number of hydrogen-bond acceptors (Lipinski definition) is 4. The summed E-state index contributed by atoms with van der Waals surface area (Å²) in [5.74, 6) is 0.581. The van der Waals surface area contributed by atoms with Gasteiger partial charge in [-0.2, -0.15) is 13.2 Å². The number of alkyl halides is 3. The van der Waals surface area contributed by atoms with Gasteiger partial charge in [0.05, 0.1) is 35.5 Å². The van der Waals surface area contributed by atoms with Crippen LogP contribution >= 0.6 is 0 Å². The third-order valence-electron chi connectivity index (χ3n) is 3.52. The topological polar surface area (TPSA) is 47.4 Å². The summed E-state index contributed by atoms with van der Waals surface area (Å²) in [5.41, 5.74) is 1.49. The zero-order valence-corrected chi connectivity index (χ0v) is 12.4. The number of ether oxygens (including phenoxy) is 1. The van der Waals surface area contributed by atoms with E-state index >= 15 is 0 Å². The summed E-state index contributed by atoms with van der Waals surface area (Å²) < 4.78 is 44.0. The Morgan fingerprint density at radius 3 is 2.78 bits per heavy atom. The molecule has 0 aliphatic carbocycles. The molecule has 0 saturated carbocycles. The maximum absolute atomic E-state index is 12.8. The summed E-state index contributed by atoms with van der Waals surface area (Å²) in [7, 11) is 0. The third kappa shape index (κ3) is 3.18. The quantitative estimate of drug-likeness (QED) is 0.859. The van der Waals surface area contributed by atoms with Gasteiger partial charge in [0.25, 0.3) is 0 Å². The molecule has 0 radical (unpaired) electrons. The van der Waals surface area contributed by atoms with Gasteiger partial charge in [0.15, 0.2) is 0 Å². The van der Waals surface area contributed by atoms with E-state index in [0.717, 1.165) is 17.8 Å². The van der Waals surface area contributed by atoms with E-state index in [0.29, 0.717) is 36.6 Å². The minimum atomic E-state index is -4.43. The van der Waals surface area contributed by atoms with Crippen LogP contribution in [0.4, 0.5) is 18.9 Å². The van der Waals surface area contributed by atoms with Crippen molar-refractivity contribution in [3.05, 3.63) is 47.5 Å². The van der Waals surface area contributed by atoms with Gasteiger partial charge in [-0.25, -0.2) is 0 Å². The summed E-state index contributed by atoms with van der Waals surface area (Å²) in [6.07, 6.45) is 0.761. The number of halogens is 3. The van der Waals surface area contributed by atoms with Crippen molar-refractivity contribution >= 4 is 11.4 Å². The van der Waals surface area contributed by atoms with Crippen LogP contribution in [-0.4, -0.2) is 22.3 Å². The second kappa shape index (κ2) is 5.98. The molecule has 0 bridgehead atoms. The van der Waals surface area contributed by atoms with Crippen LogP contribution in [-0.2, 0) is 12.6 Å². The SMILES string of the molecule is CCOc1cnccc1C1=Nc2cc(C(F)(F)F)cnc2CC1. The highest BCUT2D eigenvalue weighted by Gasteiger charge is 2.32. The molecule has 1 aliphatic heterocycles. The van der Waals surface area contributed by atoms with Gasteiger partial charge >= 0.3 is 6.18 Å². The largest absolute Gasteiger partial charge is 0.492 e. The molecular weight excluding hydrogens is 307 g/mol. The first-order valence-electron chi connectivity index (χ1n) is 7.20. The van der Waals surface area contributed by atoms with Crippen molar-refractivity contribution in [1.82, 2.24) is 9.97 Å². The number of aliphatic imine (C=N–C) groups is 1. The first-order valence-corrected chi connectivity index (χ1v) is 7.20. The van der Waals surface area contributed by atoms with Crippen molar-refractivity contribution in [2.45, 2.75) is 25.9 Å². The predicted octanol–water partition coefficient (Wildman–Crippen LogP) is 3.96. The maximum atomic E-state index is 12.8. The molecule has 120 valence electrons.